The molecule has 0 fully saturated rings. The van der Waals surface area contributed by atoms with Gasteiger partial charge in [-0.1, -0.05) is 26.2 Å². The van der Waals surface area contributed by atoms with Gasteiger partial charge in [-0.15, -0.1) is 0 Å². The second-order valence-electron chi connectivity index (χ2n) is 3.46. The topological polar surface area (TPSA) is 50.9 Å². The predicted octanol–water partition coefficient (Wildman–Crippen LogP) is 2.66. The number of anilines is 2. The van der Waals surface area contributed by atoms with Crippen LogP contribution in [0.1, 0.15) is 32.6 Å². The first-order valence-corrected chi connectivity index (χ1v) is 5.28. The number of rotatable bonds is 6. The molecular formula is C11H19N3. The Kier molecular flexibility index (Phi) is 4.83. The lowest BCUT2D eigenvalue weighted by Gasteiger charge is -2.05. The summed E-state index contributed by atoms with van der Waals surface area (Å²) < 4.78 is 0. The second kappa shape index (κ2) is 6.24. The van der Waals surface area contributed by atoms with Gasteiger partial charge in [-0.05, 0) is 12.5 Å². The molecular weight excluding hydrogens is 174 g/mol. The van der Waals surface area contributed by atoms with Crippen LogP contribution in [0.2, 0.25) is 0 Å². The average Bonchev–Trinajstić information content (AvgIpc) is 2.18. The molecule has 0 radical (unpaired) electrons. The molecule has 14 heavy (non-hydrogen) atoms. The zero-order chi connectivity index (χ0) is 10.2. The molecule has 0 aliphatic rings. The first-order valence-electron chi connectivity index (χ1n) is 5.28. The summed E-state index contributed by atoms with van der Waals surface area (Å²) in [6.45, 7) is 3.24. The number of nitrogens with one attached hydrogen (secondary N) is 1. The van der Waals surface area contributed by atoms with E-state index in [-0.39, 0.29) is 0 Å². The molecule has 0 amide bonds. The van der Waals surface area contributed by atoms with Gasteiger partial charge in [0.1, 0.15) is 5.82 Å². The van der Waals surface area contributed by atoms with Crippen molar-refractivity contribution in [2.75, 3.05) is 17.6 Å². The molecule has 1 rings (SSSR count). The Morgan fingerprint density at radius 1 is 1.36 bits per heavy atom. The third kappa shape index (κ3) is 4.12. The van der Waals surface area contributed by atoms with Crippen molar-refractivity contribution in [2.45, 2.75) is 32.6 Å². The Morgan fingerprint density at radius 3 is 2.93 bits per heavy atom. The number of pyridine rings is 1. The van der Waals surface area contributed by atoms with Gasteiger partial charge in [0.25, 0.3) is 0 Å². The van der Waals surface area contributed by atoms with Crippen LogP contribution in [0.4, 0.5) is 11.5 Å². The van der Waals surface area contributed by atoms with Crippen LogP contribution in [-0.2, 0) is 0 Å². The van der Waals surface area contributed by atoms with E-state index in [1.165, 1.54) is 25.7 Å². The molecule has 1 heterocycles. The molecule has 0 aliphatic carbocycles. The summed E-state index contributed by atoms with van der Waals surface area (Å²) in [5, 5.41) is 3.32. The quantitative estimate of drug-likeness (QED) is 0.683. The van der Waals surface area contributed by atoms with Gasteiger partial charge in [0.2, 0.25) is 0 Å². The minimum absolute atomic E-state index is 0.573. The molecule has 0 aromatic carbocycles. The molecule has 0 saturated heterocycles. The number of unbranched alkanes of at least 4 members (excludes halogenated alkanes) is 3. The molecule has 0 bridgehead atoms. The van der Waals surface area contributed by atoms with Gasteiger partial charge in [-0.2, -0.15) is 0 Å². The Balaban J connectivity index is 2.18. The second-order valence-corrected chi connectivity index (χ2v) is 3.46. The van der Waals surface area contributed by atoms with E-state index < -0.39 is 0 Å². The third-order valence-corrected chi connectivity index (χ3v) is 2.14. The molecule has 1 aromatic heterocycles. The van der Waals surface area contributed by atoms with E-state index in [1.807, 2.05) is 12.1 Å². The van der Waals surface area contributed by atoms with E-state index in [0.717, 1.165) is 12.2 Å². The molecule has 0 unspecified atom stereocenters. The Bertz CT molecular complexity index is 260. The molecule has 0 aliphatic heterocycles. The normalized spacial score (nSPS) is 10.1. The maximum Gasteiger partial charge on any atom is 0.125 e. The smallest absolute Gasteiger partial charge is 0.125 e. The third-order valence-electron chi connectivity index (χ3n) is 2.14. The highest BCUT2D eigenvalue weighted by molar-refractivity contribution is 5.49. The minimum Gasteiger partial charge on any atom is -0.385 e. The maximum atomic E-state index is 5.56. The molecule has 3 heteroatoms. The Morgan fingerprint density at radius 2 is 2.21 bits per heavy atom. The predicted molar refractivity (Wildman–Crippen MR) is 61.3 cm³/mol. The maximum absolute atomic E-state index is 5.56. The van der Waals surface area contributed by atoms with Crippen LogP contribution in [0.3, 0.4) is 0 Å². The van der Waals surface area contributed by atoms with Crippen LogP contribution in [0, 0.1) is 0 Å². The molecule has 1 aromatic rings. The van der Waals surface area contributed by atoms with Crippen molar-refractivity contribution in [3.05, 3.63) is 18.3 Å². The van der Waals surface area contributed by atoms with Crippen molar-refractivity contribution in [2.24, 2.45) is 0 Å². The van der Waals surface area contributed by atoms with Gasteiger partial charge in [-0.25, -0.2) is 4.98 Å². The highest BCUT2D eigenvalue weighted by atomic mass is 14.9. The van der Waals surface area contributed by atoms with Crippen molar-refractivity contribution in [1.82, 2.24) is 4.98 Å². The van der Waals surface area contributed by atoms with E-state index in [0.29, 0.717) is 5.82 Å². The van der Waals surface area contributed by atoms with E-state index >= 15 is 0 Å². The van der Waals surface area contributed by atoms with Gasteiger partial charge in [0, 0.05) is 24.5 Å². The summed E-state index contributed by atoms with van der Waals surface area (Å²) in [5.74, 6) is 0.573. The number of nitrogens with two attached hydrogens (primary N) is 1. The lowest BCUT2D eigenvalue weighted by atomic mass is 10.2. The standard InChI is InChI=1S/C11H19N3/c1-2-3-4-5-7-13-10-6-8-14-11(12)9-10/h6,8-9H,2-5,7H2,1H3,(H3,12,13,14). The van der Waals surface area contributed by atoms with Crippen molar-refractivity contribution < 1.29 is 0 Å². The molecule has 0 saturated carbocycles. The van der Waals surface area contributed by atoms with Crippen molar-refractivity contribution >= 4 is 11.5 Å². The molecule has 0 spiro atoms. The number of nitrogen functional groups attached to an aromatic ring is 1. The summed E-state index contributed by atoms with van der Waals surface area (Å²) in [5.41, 5.74) is 6.62. The summed E-state index contributed by atoms with van der Waals surface area (Å²) in [6.07, 6.45) is 6.84. The number of aromatic nitrogens is 1. The molecule has 78 valence electrons. The van der Waals surface area contributed by atoms with Crippen molar-refractivity contribution in [3.63, 3.8) is 0 Å². The van der Waals surface area contributed by atoms with Gasteiger partial charge < -0.3 is 11.1 Å². The average molecular weight is 193 g/mol. The van der Waals surface area contributed by atoms with Gasteiger partial charge >= 0.3 is 0 Å². The van der Waals surface area contributed by atoms with Crippen LogP contribution in [0.5, 0.6) is 0 Å². The fraction of sp³-hybridized carbons (Fsp3) is 0.545. The summed E-state index contributed by atoms with van der Waals surface area (Å²) in [6, 6.07) is 3.80. The van der Waals surface area contributed by atoms with E-state index in [4.69, 9.17) is 5.73 Å². The van der Waals surface area contributed by atoms with E-state index in [2.05, 4.69) is 17.2 Å². The van der Waals surface area contributed by atoms with Crippen LogP contribution in [0.15, 0.2) is 18.3 Å². The molecule has 0 atom stereocenters. The first kappa shape index (κ1) is 10.8. The fourth-order valence-corrected chi connectivity index (χ4v) is 1.34. The number of hydrogen-bond donors (Lipinski definition) is 2. The van der Waals surface area contributed by atoms with Gasteiger partial charge in [-0.3, -0.25) is 0 Å². The van der Waals surface area contributed by atoms with Crippen LogP contribution in [0.25, 0.3) is 0 Å². The van der Waals surface area contributed by atoms with Gasteiger partial charge in [0.15, 0.2) is 0 Å². The van der Waals surface area contributed by atoms with Gasteiger partial charge in [0.05, 0.1) is 0 Å². The van der Waals surface area contributed by atoms with Crippen LogP contribution >= 0.6 is 0 Å². The number of hydrogen-bond acceptors (Lipinski definition) is 3. The lowest BCUT2D eigenvalue weighted by molar-refractivity contribution is 0.685. The number of nitrogens with zero attached hydrogens (tertiary/aromatic N) is 1. The fourth-order valence-electron chi connectivity index (χ4n) is 1.34. The Hall–Kier alpha value is -1.25. The highest BCUT2D eigenvalue weighted by Gasteiger charge is 1.92. The summed E-state index contributed by atoms with van der Waals surface area (Å²) in [4.78, 5) is 3.94. The summed E-state index contributed by atoms with van der Waals surface area (Å²) >= 11 is 0. The first-order chi connectivity index (χ1) is 6.83. The van der Waals surface area contributed by atoms with Crippen molar-refractivity contribution in [1.29, 1.82) is 0 Å². The molecule has 3 N–H and O–H groups in total. The van der Waals surface area contributed by atoms with Crippen LogP contribution < -0.4 is 11.1 Å². The molecule has 3 nitrogen and oxygen atoms in total. The van der Waals surface area contributed by atoms with Crippen LogP contribution in [-0.4, -0.2) is 11.5 Å². The SMILES string of the molecule is CCCCCCNc1ccnc(N)c1. The van der Waals surface area contributed by atoms with E-state index in [9.17, 15) is 0 Å². The Labute approximate surface area is 85.7 Å². The zero-order valence-corrected chi connectivity index (χ0v) is 8.79. The zero-order valence-electron chi connectivity index (χ0n) is 8.79. The minimum atomic E-state index is 0.573. The largest absolute Gasteiger partial charge is 0.385 e. The van der Waals surface area contributed by atoms with E-state index in [1.54, 1.807) is 6.20 Å². The summed E-state index contributed by atoms with van der Waals surface area (Å²) in [7, 11) is 0. The lowest BCUT2D eigenvalue weighted by Crippen LogP contribution is -2.02. The highest BCUT2D eigenvalue weighted by Crippen LogP contribution is 2.09. The van der Waals surface area contributed by atoms with Crippen molar-refractivity contribution in [3.8, 4) is 0 Å². The monoisotopic (exact) mass is 193 g/mol.